The van der Waals surface area contributed by atoms with Gasteiger partial charge in [0.2, 0.25) is 11.3 Å². The zero-order valence-electron chi connectivity index (χ0n) is 48.5. The predicted octanol–water partition coefficient (Wildman–Crippen LogP) is 7.33. The van der Waals surface area contributed by atoms with Gasteiger partial charge in [-0.05, 0) is 92.4 Å². The average molecular weight is 1190 g/mol. The zero-order valence-corrected chi connectivity index (χ0v) is 49.2. The van der Waals surface area contributed by atoms with Crippen LogP contribution in [0.1, 0.15) is 59.7 Å². The van der Waals surface area contributed by atoms with Gasteiger partial charge in [-0.3, -0.25) is 24.0 Å². The first-order valence-electron chi connectivity index (χ1n) is 28.5. The fraction of sp³-hybridized carbons (Fsp3) is 0.413. The van der Waals surface area contributed by atoms with E-state index in [0.29, 0.717) is 107 Å². The lowest BCUT2D eigenvalue weighted by Crippen LogP contribution is -2.53. The van der Waals surface area contributed by atoms with Gasteiger partial charge in [0.25, 0.3) is 5.91 Å². The van der Waals surface area contributed by atoms with Crippen LogP contribution in [0, 0.1) is 5.92 Å². The lowest BCUT2D eigenvalue weighted by molar-refractivity contribution is -0.140. The maximum atomic E-state index is 14.0. The first-order valence-corrected chi connectivity index (χ1v) is 29.1. The van der Waals surface area contributed by atoms with Crippen LogP contribution in [-0.2, 0) is 42.9 Å². The highest BCUT2D eigenvalue weighted by molar-refractivity contribution is 6.17. The number of unbranched alkanes of at least 4 members (excludes halogenated alkanes) is 3. The number of carbonyl (C=O) groups excluding carboxylic acids is 5. The highest BCUT2D eigenvalue weighted by Crippen LogP contribution is 2.43. The van der Waals surface area contributed by atoms with Gasteiger partial charge >= 0.3 is 23.9 Å². The molecular formula is C63H74ClN6O15+. The van der Waals surface area contributed by atoms with Crippen molar-refractivity contribution in [2.24, 2.45) is 5.92 Å². The van der Waals surface area contributed by atoms with E-state index in [1.807, 2.05) is 43.3 Å². The summed E-state index contributed by atoms with van der Waals surface area (Å²) in [5.74, 6) is -1.85. The number of ether oxygens (including phenoxy) is 7. The van der Waals surface area contributed by atoms with Crippen LogP contribution in [0.4, 0.5) is 22.7 Å². The number of alkyl halides is 1. The molecule has 0 aromatic heterocycles. The van der Waals surface area contributed by atoms with Gasteiger partial charge in [0.05, 0.1) is 64.2 Å². The summed E-state index contributed by atoms with van der Waals surface area (Å²) >= 11 is 5.75. The van der Waals surface area contributed by atoms with E-state index < -0.39 is 29.8 Å². The van der Waals surface area contributed by atoms with Crippen LogP contribution in [0.25, 0.3) is 33.4 Å². The van der Waals surface area contributed by atoms with Crippen LogP contribution >= 0.6 is 11.6 Å². The Labute approximate surface area is 498 Å². The number of anilines is 4. The molecule has 452 valence electrons. The number of hydrogen-bond acceptors (Lipinski definition) is 17. The zero-order chi connectivity index (χ0) is 60.2. The van der Waals surface area contributed by atoms with Crippen LogP contribution in [-0.4, -0.2) is 167 Å². The molecule has 4 aromatic rings. The fourth-order valence-electron chi connectivity index (χ4n) is 9.98. The minimum Gasteiger partial charge on any atom is -0.488 e. The van der Waals surface area contributed by atoms with Crippen molar-refractivity contribution in [1.82, 2.24) is 9.89 Å². The highest BCUT2D eigenvalue weighted by Gasteiger charge is 2.38. The quantitative estimate of drug-likeness (QED) is 0.00936. The maximum Gasteiger partial charge on any atom is 0.336 e. The smallest absolute Gasteiger partial charge is 0.336 e. The number of esters is 3. The highest BCUT2D eigenvalue weighted by atomic mass is 35.5. The average Bonchev–Trinajstić information content (AvgIpc) is 2.25. The molecule has 21 nitrogen and oxygen atoms in total. The van der Waals surface area contributed by atoms with E-state index in [4.69, 9.17) is 49.2 Å². The third-order valence-electron chi connectivity index (χ3n) is 14.8. The molecule has 85 heavy (non-hydrogen) atoms. The molecule has 1 aliphatic carbocycles. The summed E-state index contributed by atoms with van der Waals surface area (Å²) < 4.78 is 47.2. The number of carboxylic acid groups (broad SMARTS) is 1. The Balaban J connectivity index is 0.985. The summed E-state index contributed by atoms with van der Waals surface area (Å²) in [6, 6.07) is 28.3. The Hall–Kier alpha value is -8.40. The van der Waals surface area contributed by atoms with E-state index in [9.17, 15) is 33.9 Å². The largest absolute Gasteiger partial charge is 0.488 e. The number of aromatic carboxylic acids is 1. The minimum absolute atomic E-state index is 0.0179. The Kier molecular flexibility index (Phi) is 22.8. The van der Waals surface area contributed by atoms with Gasteiger partial charge in [-0.1, -0.05) is 25.0 Å². The number of hydrogen-bond donors (Lipinski definition) is 3. The van der Waals surface area contributed by atoms with Gasteiger partial charge in [-0.25, -0.2) is 9.37 Å². The molecule has 0 unspecified atom stereocenters. The van der Waals surface area contributed by atoms with Crippen molar-refractivity contribution >= 4 is 81.0 Å². The molecule has 2 amide bonds. The molecule has 0 bridgehead atoms. The topological polar surface area (TPSA) is 237 Å². The third kappa shape index (κ3) is 16.5. The standard InChI is InChI=1S/C63H73ClN6O15/c1-5-67(39-57(71)78-2)52-22-16-44(34-56(52)84-32-31-83-53-14-9-8-13-51(53)70(40-58(72)79-3)41-59(73)80-4)66-62(75)43-37-69(38-43)46-18-21-49-55(36-46)85-54-35-45(68-25-12-26-68)17-20-48(54)60(49)50-33-42(15-19-47(50)63(76)77)61(74)65-24-28-82-30-29-81-27-11-7-6-10-23-64/h8-9,13-22,33-36,43H,5-7,10-12,23-32,37-41H2,1-4H3,(H2-,65,66,74,75,76,77)/p+1. The van der Waals surface area contributed by atoms with Crippen LogP contribution in [0.3, 0.4) is 0 Å². The summed E-state index contributed by atoms with van der Waals surface area (Å²) in [4.78, 5) is 83.2. The van der Waals surface area contributed by atoms with Crippen molar-refractivity contribution in [3.63, 3.8) is 0 Å². The number of amides is 2. The second kappa shape index (κ2) is 30.9. The van der Waals surface area contributed by atoms with Gasteiger partial charge in [0.1, 0.15) is 55.7 Å². The van der Waals surface area contributed by atoms with Crippen molar-refractivity contribution < 1.29 is 71.4 Å². The van der Waals surface area contributed by atoms with Crippen LogP contribution in [0.2, 0.25) is 0 Å². The van der Waals surface area contributed by atoms with E-state index in [1.165, 1.54) is 38.4 Å². The van der Waals surface area contributed by atoms with E-state index in [2.05, 4.69) is 20.1 Å². The molecule has 0 spiro atoms. The van der Waals surface area contributed by atoms with Crippen molar-refractivity contribution in [3.05, 3.63) is 114 Å². The van der Waals surface area contributed by atoms with Crippen LogP contribution in [0.15, 0.2) is 101 Å². The number of para-hydroxylation sites is 2. The van der Waals surface area contributed by atoms with Crippen LogP contribution in [0.5, 0.6) is 11.5 Å². The van der Waals surface area contributed by atoms with Crippen molar-refractivity contribution in [3.8, 4) is 33.9 Å². The number of nitrogens with one attached hydrogen (secondary N) is 2. The first kappa shape index (κ1) is 62.6. The summed E-state index contributed by atoms with van der Waals surface area (Å²) in [5.41, 5.74) is 4.90. The molecule has 0 saturated carbocycles. The summed E-state index contributed by atoms with van der Waals surface area (Å²) in [5, 5.41) is 18.0. The fourth-order valence-corrected chi connectivity index (χ4v) is 10.2. The van der Waals surface area contributed by atoms with Gasteiger partial charge in [0, 0.05) is 90.3 Å². The molecule has 8 rings (SSSR count). The van der Waals surface area contributed by atoms with E-state index in [1.54, 1.807) is 53.4 Å². The number of halogens is 1. The van der Waals surface area contributed by atoms with Crippen molar-refractivity contribution in [2.75, 3.05) is 146 Å². The maximum absolute atomic E-state index is 14.0. The minimum atomic E-state index is -1.15. The Morgan fingerprint density at radius 3 is 2.06 bits per heavy atom. The Bertz CT molecular complexity index is 3340. The molecule has 0 atom stereocenters. The molecular weight excluding hydrogens is 1120 g/mol. The normalized spacial score (nSPS) is 13.5. The molecule has 4 aromatic carbocycles. The molecule has 2 saturated heterocycles. The molecule has 2 fully saturated rings. The van der Waals surface area contributed by atoms with Gasteiger partial charge < -0.3 is 68.0 Å². The Morgan fingerprint density at radius 2 is 1.38 bits per heavy atom. The summed E-state index contributed by atoms with van der Waals surface area (Å²) in [7, 11) is 3.82. The second-order valence-corrected chi connectivity index (χ2v) is 20.7. The second-order valence-electron chi connectivity index (χ2n) is 20.4. The first-order chi connectivity index (χ1) is 41.3. The number of benzene rings is 5. The SMILES string of the molecule is CCN(CC(=O)OC)c1ccc(NC(=O)C2C[N+](=c3ccc4c(-c5cc(C(=O)NCCOCCOCCCCCCCl)ccc5C(=O)O)c5ccc(N6CCC6)cc5oc-4c3)C2)cc1OCCOc1ccccc1N(CC(=O)OC)CC(=O)OC. The van der Waals surface area contributed by atoms with Gasteiger partial charge in [-0.15, -0.1) is 11.6 Å². The number of rotatable bonds is 32. The molecule has 4 aliphatic rings. The number of carboxylic acids is 1. The van der Waals surface area contributed by atoms with E-state index >= 15 is 0 Å². The third-order valence-corrected chi connectivity index (χ3v) is 15.0. The number of methoxy groups -OCH3 is 3. The van der Waals surface area contributed by atoms with Crippen molar-refractivity contribution in [2.45, 2.75) is 39.0 Å². The molecule has 3 aliphatic heterocycles. The Morgan fingerprint density at radius 1 is 0.694 bits per heavy atom. The number of likely N-dealkylation sites (N-methyl/N-ethyl adjacent to an activating group) is 1. The van der Waals surface area contributed by atoms with E-state index in [-0.39, 0.29) is 68.9 Å². The number of fused-ring (bicyclic) bond motifs is 2. The van der Waals surface area contributed by atoms with Crippen molar-refractivity contribution in [1.29, 1.82) is 0 Å². The lowest BCUT2D eigenvalue weighted by atomic mass is 9.89. The lowest BCUT2D eigenvalue weighted by Gasteiger charge is -2.33. The van der Waals surface area contributed by atoms with E-state index in [0.717, 1.165) is 56.2 Å². The summed E-state index contributed by atoms with van der Waals surface area (Å²) in [6.45, 7) is 6.40. The molecule has 3 heterocycles. The van der Waals surface area contributed by atoms with Gasteiger partial charge in [0.15, 0.2) is 19.0 Å². The molecule has 0 radical (unpaired) electrons. The predicted molar refractivity (Wildman–Crippen MR) is 322 cm³/mol. The number of carbonyl (C=O) groups is 6. The molecule has 3 N–H and O–H groups in total. The van der Waals surface area contributed by atoms with Gasteiger partial charge in [-0.2, -0.15) is 0 Å². The van der Waals surface area contributed by atoms with Crippen LogP contribution < -0.4 is 44.7 Å². The molecule has 22 heteroatoms. The number of nitrogens with zero attached hydrogens (tertiary/aromatic N) is 4. The summed E-state index contributed by atoms with van der Waals surface area (Å²) in [6.07, 6.45) is 5.19. The monoisotopic (exact) mass is 1190 g/mol.